The second-order valence-corrected chi connectivity index (χ2v) is 5.11. The Morgan fingerprint density at radius 1 is 1.33 bits per heavy atom. The molecule has 90 valence electrons. The fourth-order valence-electron chi connectivity index (χ4n) is 2.51. The highest BCUT2D eigenvalue weighted by atomic mass is 15.1. The average Bonchev–Trinajstić information content (AvgIpc) is 2.25. The molecule has 15 heavy (non-hydrogen) atoms. The molecule has 0 spiro atoms. The molecule has 1 unspecified atom stereocenters. The van der Waals surface area contributed by atoms with Crippen LogP contribution < -0.4 is 5.32 Å². The van der Waals surface area contributed by atoms with Crippen molar-refractivity contribution in [3.05, 3.63) is 0 Å². The van der Waals surface area contributed by atoms with Gasteiger partial charge in [0.15, 0.2) is 0 Å². The van der Waals surface area contributed by atoms with Gasteiger partial charge in [-0.15, -0.1) is 0 Å². The van der Waals surface area contributed by atoms with Crippen molar-refractivity contribution in [2.75, 3.05) is 33.2 Å². The highest BCUT2D eigenvalue weighted by molar-refractivity contribution is 4.73. The minimum atomic E-state index is 0.881. The number of hydrogen-bond donors (Lipinski definition) is 1. The molecule has 0 aromatic carbocycles. The summed E-state index contributed by atoms with van der Waals surface area (Å²) in [4.78, 5) is 2.47. The van der Waals surface area contributed by atoms with Gasteiger partial charge >= 0.3 is 0 Å². The summed E-state index contributed by atoms with van der Waals surface area (Å²) >= 11 is 0. The van der Waals surface area contributed by atoms with E-state index in [1.807, 2.05) is 0 Å². The molecule has 1 rings (SSSR count). The maximum Gasteiger partial charge on any atom is 0.00187 e. The first-order valence-electron chi connectivity index (χ1n) is 6.65. The summed E-state index contributed by atoms with van der Waals surface area (Å²) in [5.41, 5.74) is 0. The van der Waals surface area contributed by atoms with Crippen LogP contribution in [0, 0.1) is 11.8 Å². The molecule has 0 bridgehead atoms. The molecular formula is C13H28N2. The van der Waals surface area contributed by atoms with E-state index in [0.29, 0.717) is 0 Å². The van der Waals surface area contributed by atoms with E-state index in [1.165, 1.54) is 51.9 Å². The minimum Gasteiger partial charge on any atom is -0.316 e. The van der Waals surface area contributed by atoms with E-state index in [2.05, 4.69) is 31.1 Å². The van der Waals surface area contributed by atoms with Gasteiger partial charge in [0, 0.05) is 6.54 Å². The molecule has 1 aliphatic heterocycles. The minimum absolute atomic E-state index is 0.881. The van der Waals surface area contributed by atoms with Gasteiger partial charge in [-0.2, -0.15) is 0 Å². The van der Waals surface area contributed by atoms with E-state index >= 15 is 0 Å². The summed E-state index contributed by atoms with van der Waals surface area (Å²) in [5.74, 6) is 1.77. The van der Waals surface area contributed by atoms with Crippen molar-refractivity contribution in [2.45, 2.75) is 39.5 Å². The quantitative estimate of drug-likeness (QED) is 0.727. The monoisotopic (exact) mass is 212 g/mol. The summed E-state index contributed by atoms with van der Waals surface area (Å²) in [7, 11) is 2.24. The van der Waals surface area contributed by atoms with Crippen LogP contribution in [-0.2, 0) is 0 Å². The van der Waals surface area contributed by atoms with Gasteiger partial charge in [0.2, 0.25) is 0 Å². The maximum absolute atomic E-state index is 3.65. The van der Waals surface area contributed by atoms with Crippen LogP contribution >= 0.6 is 0 Å². The fourth-order valence-corrected chi connectivity index (χ4v) is 2.51. The van der Waals surface area contributed by atoms with Crippen LogP contribution in [0.1, 0.15) is 39.5 Å². The lowest BCUT2D eigenvalue weighted by atomic mass is 9.97. The predicted molar refractivity (Wildman–Crippen MR) is 67.2 cm³/mol. The Morgan fingerprint density at radius 2 is 2.07 bits per heavy atom. The van der Waals surface area contributed by atoms with Gasteiger partial charge in [-0.05, 0) is 51.4 Å². The summed E-state index contributed by atoms with van der Waals surface area (Å²) < 4.78 is 0. The summed E-state index contributed by atoms with van der Waals surface area (Å²) in [6, 6.07) is 0. The van der Waals surface area contributed by atoms with Crippen LogP contribution in [0.5, 0.6) is 0 Å². The molecule has 1 heterocycles. The first-order valence-corrected chi connectivity index (χ1v) is 6.65. The van der Waals surface area contributed by atoms with Gasteiger partial charge in [0.25, 0.3) is 0 Å². The average molecular weight is 212 g/mol. The predicted octanol–water partition coefficient (Wildman–Crippen LogP) is 2.35. The Bertz CT molecular complexity index is 155. The normalized spacial score (nSPS) is 23.6. The second-order valence-electron chi connectivity index (χ2n) is 5.11. The van der Waals surface area contributed by atoms with Gasteiger partial charge in [-0.25, -0.2) is 0 Å². The van der Waals surface area contributed by atoms with Crippen LogP contribution in [-0.4, -0.2) is 38.1 Å². The lowest BCUT2D eigenvalue weighted by Crippen LogP contribution is -2.38. The van der Waals surface area contributed by atoms with Crippen molar-refractivity contribution >= 4 is 0 Å². The Morgan fingerprint density at radius 3 is 2.67 bits per heavy atom. The number of hydrogen-bond acceptors (Lipinski definition) is 2. The van der Waals surface area contributed by atoms with Gasteiger partial charge in [-0.3, -0.25) is 0 Å². The largest absolute Gasteiger partial charge is 0.316 e. The third-order valence-corrected chi connectivity index (χ3v) is 3.74. The number of likely N-dealkylation sites (tertiary alicyclic amines) is 1. The van der Waals surface area contributed by atoms with E-state index in [0.717, 1.165) is 11.8 Å². The summed E-state index contributed by atoms with van der Waals surface area (Å²) in [6.45, 7) is 9.61. The Kier molecular flexibility index (Phi) is 6.26. The van der Waals surface area contributed by atoms with Crippen molar-refractivity contribution in [3.63, 3.8) is 0 Å². The highest BCUT2D eigenvalue weighted by Gasteiger charge is 2.16. The smallest absolute Gasteiger partial charge is 0.00187 e. The third kappa shape index (κ3) is 4.98. The molecule has 0 radical (unpaired) electrons. The van der Waals surface area contributed by atoms with Crippen LogP contribution in [0.25, 0.3) is 0 Å². The van der Waals surface area contributed by atoms with E-state index in [-0.39, 0.29) is 0 Å². The molecule has 2 nitrogen and oxygen atoms in total. The highest BCUT2D eigenvalue weighted by Crippen LogP contribution is 2.14. The SMILES string of the molecule is CCC(CC)CNCC1CCCN(C)C1. The molecule has 0 aromatic heterocycles. The first-order chi connectivity index (χ1) is 7.26. The molecule has 1 atom stereocenters. The molecule has 0 amide bonds. The molecular weight excluding hydrogens is 184 g/mol. The number of nitrogens with one attached hydrogen (secondary N) is 1. The van der Waals surface area contributed by atoms with E-state index in [4.69, 9.17) is 0 Å². The molecule has 0 aromatic rings. The van der Waals surface area contributed by atoms with E-state index in [1.54, 1.807) is 0 Å². The Balaban J connectivity index is 2.08. The first kappa shape index (κ1) is 13.0. The van der Waals surface area contributed by atoms with Crippen LogP contribution in [0.4, 0.5) is 0 Å². The van der Waals surface area contributed by atoms with Crippen molar-refractivity contribution < 1.29 is 0 Å². The Hall–Kier alpha value is -0.0800. The molecule has 0 saturated carbocycles. The Labute approximate surface area is 95.4 Å². The third-order valence-electron chi connectivity index (χ3n) is 3.74. The molecule has 1 aliphatic rings. The molecule has 0 aliphatic carbocycles. The second kappa shape index (κ2) is 7.24. The van der Waals surface area contributed by atoms with Gasteiger partial charge in [0.1, 0.15) is 0 Å². The van der Waals surface area contributed by atoms with E-state index < -0.39 is 0 Å². The summed E-state index contributed by atoms with van der Waals surface area (Å²) in [5, 5.41) is 3.65. The van der Waals surface area contributed by atoms with Crippen molar-refractivity contribution in [2.24, 2.45) is 11.8 Å². The van der Waals surface area contributed by atoms with Crippen LogP contribution in [0.3, 0.4) is 0 Å². The lowest BCUT2D eigenvalue weighted by molar-refractivity contribution is 0.204. The van der Waals surface area contributed by atoms with Crippen molar-refractivity contribution in [1.82, 2.24) is 10.2 Å². The van der Waals surface area contributed by atoms with Crippen molar-refractivity contribution in [1.29, 1.82) is 0 Å². The van der Waals surface area contributed by atoms with Gasteiger partial charge < -0.3 is 10.2 Å². The topological polar surface area (TPSA) is 15.3 Å². The van der Waals surface area contributed by atoms with Crippen LogP contribution in [0.2, 0.25) is 0 Å². The summed E-state index contributed by atoms with van der Waals surface area (Å²) in [6.07, 6.45) is 5.43. The number of piperidine rings is 1. The number of rotatable bonds is 6. The zero-order valence-corrected chi connectivity index (χ0v) is 10.8. The fraction of sp³-hybridized carbons (Fsp3) is 1.00. The zero-order chi connectivity index (χ0) is 11.1. The zero-order valence-electron chi connectivity index (χ0n) is 10.8. The van der Waals surface area contributed by atoms with Gasteiger partial charge in [0.05, 0.1) is 0 Å². The standard InChI is InChI=1S/C13H28N2/c1-4-12(5-2)9-14-10-13-7-6-8-15(3)11-13/h12-14H,4-11H2,1-3H3. The molecule has 1 N–H and O–H groups in total. The molecule has 1 saturated heterocycles. The van der Waals surface area contributed by atoms with Crippen LogP contribution in [0.15, 0.2) is 0 Å². The van der Waals surface area contributed by atoms with E-state index in [9.17, 15) is 0 Å². The maximum atomic E-state index is 3.65. The lowest BCUT2D eigenvalue weighted by Gasteiger charge is -2.30. The molecule has 2 heteroatoms. The van der Waals surface area contributed by atoms with Crippen molar-refractivity contribution in [3.8, 4) is 0 Å². The van der Waals surface area contributed by atoms with Gasteiger partial charge in [-0.1, -0.05) is 26.7 Å². The molecule has 1 fully saturated rings. The number of nitrogens with zero attached hydrogens (tertiary/aromatic N) is 1.